The van der Waals surface area contributed by atoms with Gasteiger partial charge in [0, 0.05) is 0 Å². The van der Waals surface area contributed by atoms with Gasteiger partial charge in [-0.1, -0.05) is 65.1 Å². The van der Waals surface area contributed by atoms with E-state index in [0.29, 0.717) is 6.42 Å². The average Bonchev–Trinajstić information content (AvgIpc) is 3.01. The molecule has 1 aromatic rings. The number of halogens is 4. The van der Waals surface area contributed by atoms with Crippen molar-refractivity contribution >= 4 is 52.7 Å². The van der Waals surface area contributed by atoms with Gasteiger partial charge in [-0.25, -0.2) is 14.1 Å². The molecule has 0 unspecified atom stereocenters. The lowest BCUT2D eigenvalue weighted by atomic mass is 10.0. The summed E-state index contributed by atoms with van der Waals surface area (Å²) in [6.07, 6.45) is 0.665. The highest BCUT2D eigenvalue weighted by Crippen LogP contribution is 2.27. The number of carbonyl (C=O) groups is 3. The molecule has 0 spiro atoms. The van der Waals surface area contributed by atoms with Gasteiger partial charge in [0.05, 0.1) is 18.0 Å². The van der Waals surface area contributed by atoms with Crippen molar-refractivity contribution in [3.8, 4) is 0 Å². The van der Waals surface area contributed by atoms with E-state index in [0.717, 1.165) is 16.5 Å². The van der Waals surface area contributed by atoms with Crippen LogP contribution < -0.4 is 5.32 Å². The van der Waals surface area contributed by atoms with Gasteiger partial charge in [-0.2, -0.15) is 0 Å². The lowest BCUT2D eigenvalue weighted by Crippen LogP contribution is -2.43. The molecule has 1 saturated heterocycles. The number of carbonyl (C=O) groups excluding carboxylic acids is 3. The minimum atomic E-state index is -2.24. The van der Waals surface area contributed by atoms with Crippen molar-refractivity contribution in [1.29, 1.82) is 0 Å². The van der Waals surface area contributed by atoms with Crippen LogP contribution in [0.3, 0.4) is 0 Å². The second-order valence-electron chi connectivity index (χ2n) is 6.66. The highest BCUT2D eigenvalue weighted by atomic mass is 35.6. The zero-order valence-corrected chi connectivity index (χ0v) is 18.0. The molecule has 1 N–H and O–H groups in total. The average molecular weight is 466 g/mol. The van der Waals surface area contributed by atoms with E-state index in [-0.39, 0.29) is 6.61 Å². The smallest absolute Gasteiger partial charge is 0.417 e. The van der Waals surface area contributed by atoms with Gasteiger partial charge in [-0.05, 0) is 31.9 Å². The number of nitrogens with zero attached hydrogens (tertiary/aromatic N) is 1. The molecule has 6 nitrogen and oxygen atoms in total. The van der Waals surface area contributed by atoms with Gasteiger partial charge < -0.3 is 10.1 Å². The molecule has 1 aliphatic rings. The summed E-state index contributed by atoms with van der Waals surface area (Å²) in [5, 5.41) is 2.19. The Balaban J connectivity index is 2.07. The summed E-state index contributed by atoms with van der Waals surface area (Å²) in [4.78, 5) is 37.5. The summed E-state index contributed by atoms with van der Waals surface area (Å²) < 4.78 is 17.2. The lowest BCUT2D eigenvalue weighted by Gasteiger charge is -2.22. The van der Waals surface area contributed by atoms with Crippen LogP contribution in [0.4, 0.5) is 9.18 Å². The Bertz CT molecular complexity index is 798. The second kappa shape index (κ2) is 9.78. The number of rotatable bonds is 6. The van der Waals surface area contributed by atoms with E-state index in [1.807, 2.05) is 30.3 Å². The van der Waals surface area contributed by atoms with Gasteiger partial charge in [0.15, 0.2) is 0 Å². The molecule has 0 aromatic heterocycles. The Labute approximate surface area is 182 Å². The number of hydrogen-bond donors (Lipinski definition) is 1. The number of benzene rings is 1. The maximum Gasteiger partial charge on any atom is 0.417 e. The fraction of sp³-hybridized carbons (Fsp3) is 0.421. The van der Waals surface area contributed by atoms with Crippen molar-refractivity contribution in [3.63, 3.8) is 0 Å². The first kappa shape index (κ1) is 23.4. The molecule has 0 saturated carbocycles. The van der Waals surface area contributed by atoms with E-state index < -0.39 is 45.5 Å². The fourth-order valence-electron chi connectivity index (χ4n) is 2.79. The highest BCUT2D eigenvalue weighted by Gasteiger charge is 2.39. The minimum absolute atomic E-state index is 0.0636. The van der Waals surface area contributed by atoms with Crippen LogP contribution in [0.25, 0.3) is 0 Å². The minimum Gasteiger partial charge on any atom is -0.447 e. The summed E-state index contributed by atoms with van der Waals surface area (Å²) >= 11 is 16.3. The molecular formula is C19H20Cl3FN2O4. The second-order valence-corrected chi connectivity index (χ2v) is 8.94. The number of imide groups is 1. The van der Waals surface area contributed by atoms with Crippen LogP contribution in [0.5, 0.6) is 0 Å². The van der Waals surface area contributed by atoms with Crippen LogP contribution in [0.2, 0.25) is 0 Å². The zero-order chi connectivity index (χ0) is 21.8. The fourth-order valence-corrected chi connectivity index (χ4v) is 2.95. The van der Waals surface area contributed by atoms with Gasteiger partial charge >= 0.3 is 6.09 Å². The van der Waals surface area contributed by atoms with Crippen molar-refractivity contribution in [2.75, 3.05) is 6.61 Å². The number of nitrogens with one attached hydrogen (secondary N) is 1. The molecule has 1 fully saturated rings. The summed E-state index contributed by atoms with van der Waals surface area (Å²) in [6.45, 7) is 2.84. The molecule has 3 atom stereocenters. The van der Waals surface area contributed by atoms with Crippen LogP contribution in [0.1, 0.15) is 19.4 Å². The molecule has 0 bridgehead atoms. The van der Waals surface area contributed by atoms with Gasteiger partial charge in [-0.3, -0.25) is 9.59 Å². The topological polar surface area (TPSA) is 75.7 Å². The summed E-state index contributed by atoms with van der Waals surface area (Å²) in [7, 11) is 0. The van der Waals surface area contributed by atoms with Gasteiger partial charge in [-0.15, -0.1) is 0 Å². The van der Waals surface area contributed by atoms with E-state index >= 15 is 0 Å². The van der Waals surface area contributed by atoms with Crippen molar-refractivity contribution in [3.05, 3.63) is 47.8 Å². The number of cyclic esters (lactones) is 1. The number of ether oxygens (including phenoxy) is 1. The number of alkyl halides is 3. The Morgan fingerprint density at radius 2 is 1.93 bits per heavy atom. The Morgan fingerprint density at radius 3 is 2.52 bits per heavy atom. The maximum atomic E-state index is 14.4. The maximum absolute atomic E-state index is 14.4. The number of amides is 3. The van der Waals surface area contributed by atoms with E-state index in [2.05, 4.69) is 5.32 Å². The molecule has 10 heteroatoms. The Hall–Kier alpha value is -1.83. The van der Waals surface area contributed by atoms with Crippen LogP contribution in [-0.2, 0) is 20.7 Å². The van der Waals surface area contributed by atoms with Crippen molar-refractivity contribution in [1.82, 2.24) is 10.2 Å². The van der Waals surface area contributed by atoms with Crippen molar-refractivity contribution in [2.45, 2.75) is 36.1 Å². The van der Waals surface area contributed by atoms with Crippen molar-refractivity contribution < 1.29 is 23.5 Å². The standard InChI is InChI=1S/C19H20Cl3FN2O4/c1-11(8-15(23)12(2)24-17(27)19(20,21)22)16(26)25-14(10-29-18(25)28)9-13-6-4-3-5-7-13/h3-8,11-12,14H,9-10H2,1-2H3,(H,24,27)/t11-,12-,14+/m0/s1. The molecule has 0 aliphatic carbocycles. The van der Waals surface area contributed by atoms with Crippen LogP contribution in [0, 0.1) is 5.92 Å². The van der Waals surface area contributed by atoms with E-state index in [1.165, 1.54) is 13.8 Å². The first-order chi connectivity index (χ1) is 13.5. The third-order valence-electron chi connectivity index (χ3n) is 4.33. The summed E-state index contributed by atoms with van der Waals surface area (Å²) in [5.74, 6) is -3.39. The molecule has 158 valence electrons. The van der Waals surface area contributed by atoms with Crippen molar-refractivity contribution in [2.24, 2.45) is 5.92 Å². The zero-order valence-electron chi connectivity index (χ0n) is 15.7. The van der Waals surface area contributed by atoms with E-state index in [9.17, 15) is 18.8 Å². The predicted octanol–water partition coefficient (Wildman–Crippen LogP) is 3.94. The third-order valence-corrected chi connectivity index (χ3v) is 4.85. The largest absolute Gasteiger partial charge is 0.447 e. The molecule has 0 radical (unpaired) electrons. The molecular weight excluding hydrogens is 446 g/mol. The molecule has 2 rings (SSSR count). The molecule has 1 heterocycles. The predicted molar refractivity (Wildman–Crippen MR) is 108 cm³/mol. The quantitative estimate of drug-likeness (QED) is 0.646. The number of hydrogen-bond acceptors (Lipinski definition) is 4. The molecule has 3 amide bonds. The molecule has 1 aromatic carbocycles. The monoisotopic (exact) mass is 464 g/mol. The Kier molecular flexibility index (Phi) is 7.91. The van der Waals surface area contributed by atoms with E-state index in [4.69, 9.17) is 39.5 Å². The van der Waals surface area contributed by atoms with Crippen LogP contribution in [-0.4, -0.2) is 45.3 Å². The normalized spacial score (nSPS) is 19.5. The summed E-state index contributed by atoms with van der Waals surface area (Å²) in [5.41, 5.74) is 0.936. The third kappa shape index (κ3) is 6.32. The van der Waals surface area contributed by atoms with Gasteiger partial charge in [0.1, 0.15) is 12.4 Å². The van der Waals surface area contributed by atoms with Gasteiger partial charge in [0.25, 0.3) is 9.70 Å². The SMILES string of the molecule is C[C@H](NC(=O)C(Cl)(Cl)Cl)C(F)=C[C@H](C)C(=O)N1C(=O)OC[C@H]1Cc1ccccc1. The van der Waals surface area contributed by atoms with Crippen LogP contribution in [0.15, 0.2) is 42.2 Å². The first-order valence-corrected chi connectivity index (χ1v) is 9.92. The molecule has 29 heavy (non-hydrogen) atoms. The summed E-state index contributed by atoms with van der Waals surface area (Å²) in [6, 6.07) is 7.71. The van der Waals surface area contributed by atoms with Gasteiger partial charge in [0.2, 0.25) is 5.91 Å². The molecule has 1 aliphatic heterocycles. The first-order valence-electron chi connectivity index (χ1n) is 8.79. The highest BCUT2D eigenvalue weighted by molar-refractivity contribution is 6.76. The Morgan fingerprint density at radius 1 is 1.31 bits per heavy atom. The van der Waals surface area contributed by atoms with Crippen LogP contribution >= 0.6 is 34.8 Å². The lowest BCUT2D eigenvalue weighted by molar-refractivity contribution is -0.131. The van der Waals surface area contributed by atoms with E-state index in [1.54, 1.807) is 0 Å².